The minimum absolute atomic E-state index is 0.0367. The molecule has 0 radical (unpaired) electrons. The summed E-state index contributed by atoms with van der Waals surface area (Å²) in [7, 11) is 0. The topological polar surface area (TPSA) is 40.6 Å². The minimum atomic E-state index is -0.421. The average molecular weight is 276 g/mol. The van der Waals surface area contributed by atoms with Crippen LogP contribution in [0.3, 0.4) is 0 Å². The largest absolute Gasteiger partial charge is 0.342 e. The lowest BCUT2D eigenvalue weighted by Gasteiger charge is -2.20. The highest BCUT2D eigenvalue weighted by Gasteiger charge is 2.38. The van der Waals surface area contributed by atoms with Gasteiger partial charge in [-0.15, -0.1) is 0 Å². The molecule has 0 aliphatic carbocycles. The van der Waals surface area contributed by atoms with Gasteiger partial charge in [-0.3, -0.25) is 9.59 Å². The van der Waals surface area contributed by atoms with Crippen molar-refractivity contribution in [3.63, 3.8) is 0 Å². The molecule has 4 nitrogen and oxygen atoms in total. The van der Waals surface area contributed by atoms with E-state index in [2.05, 4.69) is 0 Å². The average Bonchev–Trinajstić information content (AvgIpc) is 3.08. The fraction of sp³-hybridized carbons (Fsp3) is 0.467. The molecular formula is C15H17FN2O2. The number of carbonyl (C=O) groups is 2. The van der Waals surface area contributed by atoms with E-state index in [1.807, 2.05) is 4.90 Å². The van der Waals surface area contributed by atoms with Gasteiger partial charge in [0.05, 0.1) is 11.6 Å². The number of benzene rings is 1. The lowest BCUT2D eigenvalue weighted by Crippen LogP contribution is -2.35. The quantitative estimate of drug-likeness (QED) is 0.826. The van der Waals surface area contributed by atoms with Gasteiger partial charge in [0.25, 0.3) is 0 Å². The summed E-state index contributed by atoms with van der Waals surface area (Å²) in [5.41, 5.74) is 0.272. The molecule has 20 heavy (non-hydrogen) atoms. The van der Waals surface area contributed by atoms with Crippen LogP contribution in [0.15, 0.2) is 24.3 Å². The van der Waals surface area contributed by atoms with Gasteiger partial charge in [-0.25, -0.2) is 4.39 Å². The molecule has 1 atom stereocenters. The van der Waals surface area contributed by atoms with Crippen molar-refractivity contribution in [3.8, 4) is 0 Å². The Morgan fingerprint density at radius 3 is 2.60 bits per heavy atom. The van der Waals surface area contributed by atoms with E-state index < -0.39 is 5.82 Å². The van der Waals surface area contributed by atoms with Crippen LogP contribution in [0.25, 0.3) is 0 Å². The summed E-state index contributed by atoms with van der Waals surface area (Å²) >= 11 is 0. The molecule has 0 spiro atoms. The third-order valence-electron chi connectivity index (χ3n) is 4.04. The van der Waals surface area contributed by atoms with Crippen LogP contribution in [-0.4, -0.2) is 36.3 Å². The molecule has 2 saturated heterocycles. The van der Waals surface area contributed by atoms with Gasteiger partial charge in [0.2, 0.25) is 11.8 Å². The second-order valence-electron chi connectivity index (χ2n) is 5.39. The minimum Gasteiger partial charge on any atom is -0.342 e. The number of hydrogen-bond donors (Lipinski definition) is 0. The zero-order chi connectivity index (χ0) is 14.1. The Morgan fingerprint density at radius 1 is 1.20 bits per heavy atom. The lowest BCUT2D eigenvalue weighted by molar-refractivity contribution is -0.134. The lowest BCUT2D eigenvalue weighted by atomic mass is 10.1. The molecule has 0 saturated carbocycles. The normalized spacial score (nSPS) is 22.6. The van der Waals surface area contributed by atoms with Gasteiger partial charge in [-0.2, -0.15) is 0 Å². The predicted molar refractivity (Wildman–Crippen MR) is 72.7 cm³/mol. The molecule has 1 aromatic carbocycles. The Balaban J connectivity index is 1.75. The van der Waals surface area contributed by atoms with Gasteiger partial charge in [-0.05, 0) is 25.0 Å². The first-order valence-corrected chi connectivity index (χ1v) is 7.00. The van der Waals surface area contributed by atoms with Crippen LogP contribution >= 0.6 is 0 Å². The molecule has 5 heteroatoms. The van der Waals surface area contributed by atoms with Crippen LogP contribution in [0, 0.1) is 11.7 Å². The summed E-state index contributed by atoms with van der Waals surface area (Å²) in [5.74, 6) is -0.891. The van der Waals surface area contributed by atoms with Gasteiger partial charge >= 0.3 is 0 Å². The number of halogens is 1. The van der Waals surface area contributed by atoms with Crippen LogP contribution in [0.2, 0.25) is 0 Å². The third-order valence-corrected chi connectivity index (χ3v) is 4.04. The Kier molecular flexibility index (Phi) is 3.42. The second-order valence-corrected chi connectivity index (χ2v) is 5.39. The van der Waals surface area contributed by atoms with Crippen LogP contribution in [0.4, 0.5) is 10.1 Å². The highest BCUT2D eigenvalue weighted by molar-refractivity contribution is 6.00. The van der Waals surface area contributed by atoms with Crippen molar-refractivity contribution < 1.29 is 14.0 Å². The van der Waals surface area contributed by atoms with E-state index in [-0.39, 0.29) is 36.4 Å². The smallest absolute Gasteiger partial charge is 0.228 e. The molecule has 106 valence electrons. The summed E-state index contributed by atoms with van der Waals surface area (Å²) in [6, 6.07) is 6.20. The van der Waals surface area contributed by atoms with E-state index in [0.29, 0.717) is 0 Å². The van der Waals surface area contributed by atoms with E-state index in [4.69, 9.17) is 0 Å². The Morgan fingerprint density at radius 2 is 1.90 bits per heavy atom. The number of rotatable bonds is 2. The summed E-state index contributed by atoms with van der Waals surface area (Å²) in [6.07, 6.45) is 2.25. The fourth-order valence-corrected chi connectivity index (χ4v) is 2.97. The van der Waals surface area contributed by atoms with Crippen molar-refractivity contribution >= 4 is 17.5 Å². The standard InChI is InChI=1S/C15H17FN2O2/c16-12-5-1-2-6-13(12)18-10-11(9-14(18)19)15(20)17-7-3-4-8-17/h1-2,5-6,11H,3-4,7-10H2. The van der Waals surface area contributed by atoms with Crippen molar-refractivity contribution in [2.24, 2.45) is 5.92 Å². The molecule has 2 heterocycles. The summed E-state index contributed by atoms with van der Waals surface area (Å²) in [5, 5.41) is 0. The van der Waals surface area contributed by atoms with Crippen molar-refractivity contribution in [2.45, 2.75) is 19.3 Å². The molecule has 1 aromatic rings. The molecule has 0 aromatic heterocycles. The van der Waals surface area contributed by atoms with Gasteiger partial charge in [0, 0.05) is 26.1 Å². The Bertz CT molecular complexity index is 540. The number of para-hydroxylation sites is 1. The van der Waals surface area contributed by atoms with Crippen molar-refractivity contribution in [2.75, 3.05) is 24.5 Å². The molecule has 2 aliphatic rings. The zero-order valence-electron chi connectivity index (χ0n) is 11.2. The van der Waals surface area contributed by atoms with Gasteiger partial charge in [0.15, 0.2) is 0 Å². The van der Waals surface area contributed by atoms with E-state index >= 15 is 0 Å². The van der Waals surface area contributed by atoms with E-state index in [0.717, 1.165) is 25.9 Å². The summed E-state index contributed by atoms with van der Waals surface area (Å²) in [4.78, 5) is 27.6. The van der Waals surface area contributed by atoms with Crippen LogP contribution in [0.5, 0.6) is 0 Å². The van der Waals surface area contributed by atoms with Gasteiger partial charge < -0.3 is 9.80 Å². The number of anilines is 1. The first-order valence-electron chi connectivity index (χ1n) is 7.00. The molecule has 2 amide bonds. The number of likely N-dealkylation sites (tertiary alicyclic amines) is 1. The van der Waals surface area contributed by atoms with Gasteiger partial charge in [-0.1, -0.05) is 12.1 Å². The van der Waals surface area contributed by atoms with Crippen LogP contribution < -0.4 is 4.90 Å². The first kappa shape index (κ1) is 13.1. The predicted octanol–water partition coefficient (Wildman–Crippen LogP) is 1.80. The molecular weight excluding hydrogens is 259 g/mol. The molecule has 2 fully saturated rings. The monoisotopic (exact) mass is 276 g/mol. The maximum absolute atomic E-state index is 13.8. The van der Waals surface area contributed by atoms with Crippen LogP contribution in [-0.2, 0) is 9.59 Å². The molecule has 1 unspecified atom stereocenters. The molecule has 0 bridgehead atoms. The first-order chi connectivity index (χ1) is 9.66. The van der Waals surface area contributed by atoms with Crippen LogP contribution in [0.1, 0.15) is 19.3 Å². The van der Waals surface area contributed by atoms with E-state index in [1.165, 1.54) is 11.0 Å². The Hall–Kier alpha value is -1.91. The molecule has 0 N–H and O–H groups in total. The molecule has 2 aliphatic heterocycles. The SMILES string of the molecule is O=C(C1CC(=O)N(c2ccccc2F)C1)N1CCCC1. The number of nitrogens with zero attached hydrogens (tertiary/aromatic N) is 2. The highest BCUT2D eigenvalue weighted by Crippen LogP contribution is 2.28. The number of hydrogen-bond acceptors (Lipinski definition) is 2. The maximum Gasteiger partial charge on any atom is 0.228 e. The van der Waals surface area contributed by atoms with Crippen molar-refractivity contribution in [1.82, 2.24) is 4.90 Å². The van der Waals surface area contributed by atoms with Crippen molar-refractivity contribution in [1.29, 1.82) is 0 Å². The summed E-state index contributed by atoms with van der Waals surface area (Å²) < 4.78 is 13.8. The zero-order valence-corrected chi connectivity index (χ0v) is 11.2. The fourth-order valence-electron chi connectivity index (χ4n) is 2.97. The molecule has 3 rings (SSSR count). The third kappa shape index (κ3) is 2.28. The van der Waals surface area contributed by atoms with Gasteiger partial charge in [0.1, 0.15) is 5.82 Å². The van der Waals surface area contributed by atoms with E-state index in [1.54, 1.807) is 18.2 Å². The van der Waals surface area contributed by atoms with E-state index in [9.17, 15) is 14.0 Å². The Labute approximate surface area is 117 Å². The number of amides is 2. The van der Waals surface area contributed by atoms with Crippen molar-refractivity contribution in [3.05, 3.63) is 30.1 Å². The number of carbonyl (C=O) groups excluding carboxylic acids is 2. The highest BCUT2D eigenvalue weighted by atomic mass is 19.1. The summed E-state index contributed by atoms with van der Waals surface area (Å²) in [6.45, 7) is 1.85. The second kappa shape index (κ2) is 5.23. The maximum atomic E-state index is 13.8.